The number of rotatable bonds is 5. The van der Waals surface area contributed by atoms with Crippen LogP contribution < -0.4 is 5.73 Å². The first-order valence-electron chi connectivity index (χ1n) is 8.07. The Morgan fingerprint density at radius 1 is 1.40 bits per heavy atom. The maximum absolute atomic E-state index is 6.70. The highest BCUT2D eigenvalue weighted by atomic mass is 15.3. The van der Waals surface area contributed by atoms with Crippen molar-refractivity contribution in [2.45, 2.75) is 77.8 Å². The number of aromatic nitrogens is 3. The molecule has 4 nitrogen and oxygen atoms in total. The normalized spacial score (nSPS) is 27.4. The first kappa shape index (κ1) is 15.5. The van der Waals surface area contributed by atoms with E-state index in [9.17, 15) is 0 Å². The van der Waals surface area contributed by atoms with E-state index in [0.717, 1.165) is 36.9 Å². The summed E-state index contributed by atoms with van der Waals surface area (Å²) in [6.07, 6.45) is 8.67. The quantitative estimate of drug-likeness (QED) is 0.898. The summed E-state index contributed by atoms with van der Waals surface area (Å²) in [7, 11) is 0. The van der Waals surface area contributed by atoms with E-state index in [1.807, 2.05) is 4.68 Å². The van der Waals surface area contributed by atoms with Crippen molar-refractivity contribution in [3.63, 3.8) is 0 Å². The van der Waals surface area contributed by atoms with Crippen molar-refractivity contribution in [3.8, 4) is 0 Å². The van der Waals surface area contributed by atoms with Gasteiger partial charge in [0.25, 0.3) is 0 Å². The average molecular weight is 278 g/mol. The maximum atomic E-state index is 6.70. The van der Waals surface area contributed by atoms with Crippen molar-refractivity contribution < 1.29 is 0 Å². The second kappa shape index (κ2) is 6.25. The van der Waals surface area contributed by atoms with Crippen LogP contribution in [0.15, 0.2) is 6.33 Å². The molecular weight excluding hydrogens is 248 g/mol. The molecule has 2 N–H and O–H groups in total. The van der Waals surface area contributed by atoms with Gasteiger partial charge in [-0.2, -0.15) is 5.10 Å². The smallest absolute Gasteiger partial charge is 0.138 e. The number of hydrogen-bond acceptors (Lipinski definition) is 3. The summed E-state index contributed by atoms with van der Waals surface area (Å²) in [6.45, 7) is 8.90. The molecule has 0 bridgehead atoms. The topological polar surface area (TPSA) is 56.7 Å². The summed E-state index contributed by atoms with van der Waals surface area (Å²) < 4.78 is 2.01. The Labute approximate surface area is 123 Å². The SMILES string of the molecule is CC(C)CC1CCCC(N)(Cc2ncnn2C(C)C)C1. The van der Waals surface area contributed by atoms with Crippen LogP contribution in [0, 0.1) is 11.8 Å². The van der Waals surface area contributed by atoms with Gasteiger partial charge in [-0.25, -0.2) is 9.67 Å². The Bertz CT molecular complexity index is 424. The summed E-state index contributed by atoms with van der Waals surface area (Å²) in [5.74, 6) is 2.60. The van der Waals surface area contributed by atoms with Gasteiger partial charge in [0, 0.05) is 18.0 Å². The van der Waals surface area contributed by atoms with Gasteiger partial charge < -0.3 is 5.73 Å². The molecule has 20 heavy (non-hydrogen) atoms. The fourth-order valence-electron chi connectivity index (χ4n) is 3.70. The molecule has 0 saturated heterocycles. The summed E-state index contributed by atoms with van der Waals surface area (Å²) in [5, 5.41) is 4.33. The van der Waals surface area contributed by atoms with Crippen molar-refractivity contribution >= 4 is 0 Å². The molecule has 0 radical (unpaired) electrons. The molecule has 1 heterocycles. The third-order valence-corrected chi connectivity index (χ3v) is 4.43. The zero-order valence-corrected chi connectivity index (χ0v) is 13.5. The fraction of sp³-hybridized carbons (Fsp3) is 0.875. The minimum Gasteiger partial charge on any atom is -0.325 e. The molecule has 1 aliphatic rings. The Morgan fingerprint density at radius 2 is 2.15 bits per heavy atom. The van der Waals surface area contributed by atoms with Gasteiger partial charge in [0.1, 0.15) is 12.2 Å². The summed E-state index contributed by atoms with van der Waals surface area (Å²) in [5.41, 5.74) is 6.62. The molecule has 0 spiro atoms. The van der Waals surface area contributed by atoms with E-state index in [1.165, 1.54) is 19.3 Å². The zero-order valence-electron chi connectivity index (χ0n) is 13.5. The van der Waals surface area contributed by atoms with Gasteiger partial charge in [-0.05, 0) is 44.9 Å². The van der Waals surface area contributed by atoms with Crippen LogP contribution in [-0.4, -0.2) is 20.3 Å². The summed E-state index contributed by atoms with van der Waals surface area (Å²) in [4.78, 5) is 4.43. The van der Waals surface area contributed by atoms with E-state index >= 15 is 0 Å². The summed E-state index contributed by atoms with van der Waals surface area (Å²) >= 11 is 0. The van der Waals surface area contributed by atoms with E-state index in [0.29, 0.717) is 6.04 Å². The van der Waals surface area contributed by atoms with Crippen LogP contribution in [0.25, 0.3) is 0 Å². The van der Waals surface area contributed by atoms with E-state index in [1.54, 1.807) is 6.33 Å². The van der Waals surface area contributed by atoms with Crippen LogP contribution in [0.1, 0.15) is 71.7 Å². The van der Waals surface area contributed by atoms with Crippen LogP contribution in [-0.2, 0) is 6.42 Å². The summed E-state index contributed by atoms with van der Waals surface area (Å²) in [6, 6.07) is 0.353. The molecular formula is C16H30N4. The molecule has 0 aromatic carbocycles. The van der Waals surface area contributed by atoms with Gasteiger partial charge in [-0.3, -0.25) is 0 Å². The lowest BCUT2D eigenvalue weighted by atomic mass is 9.72. The molecule has 1 aromatic rings. The van der Waals surface area contributed by atoms with Crippen LogP contribution in [0.4, 0.5) is 0 Å². The predicted molar refractivity (Wildman–Crippen MR) is 82.4 cm³/mol. The van der Waals surface area contributed by atoms with Crippen molar-refractivity contribution in [3.05, 3.63) is 12.2 Å². The Morgan fingerprint density at radius 3 is 2.80 bits per heavy atom. The molecule has 2 rings (SSSR count). The standard InChI is InChI=1S/C16H30N4/c1-12(2)8-14-6-5-7-16(17,9-14)10-15-18-11-19-20(15)13(3)4/h11-14H,5-10,17H2,1-4H3. The number of hydrogen-bond donors (Lipinski definition) is 1. The molecule has 1 aliphatic carbocycles. The second-order valence-corrected chi connectivity index (χ2v) is 7.35. The molecule has 0 aliphatic heterocycles. The fourth-order valence-corrected chi connectivity index (χ4v) is 3.70. The first-order chi connectivity index (χ1) is 9.39. The van der Waals surface area contributed by atoms with Crippen LogP contribution in [0.3, 0.4) is 0 Å². The average Bonchev–Trinajstić information content (AvgIpc) is 2.75. The van der Waals surface area contributed by atoms with Crippen LogP contribution in [0.2, 0.25) is 0 Å². The zero-order chi connectivity index (χ0) is 14.8. The first-order valence-corrected chi connectivity index (χ1v) is 8.07. The molecule has 1 aromatic heterocycles. The maximum Gasteiger partial charge on any atom is 0.138 e. The van der Waals surface area contributed by atoms with E-state index in [-0.39, 0.29) is 5.54 Å². The van der Waals surface area contributed by atoms with Crippen LogP contribution in [0.5, 0.6) is 0 Å². The highest BCUT2D eigenvalue weighted by molar-refractivity contribution is 5.01. The Kier molecular flexibility index (Phi) is 4.84. The van der Waals surface area contributed by atoms with E-state index in [4.69, 9.17) is 5.73 Å². The minimum atomic E-state index is -0.0858. The minimum absolute atomic E-state index is 0.0858. The highest BCUT2D eigenvalue weighted by Crippen LogP contribution is 2.36. The molecule has 1 saturated carbocycles. The number of nitrogens with two attached hydrogens (primary N) is 1. The third-order valence-electron chi connectivity index (χ3n) is 4.43. The Hall–Kier alpha value is -0.900. The molecule has 2 unspecified atom stereocenters. The molecule has 114 valence electrons. The monoisotopic (exact) mass is 278 g/mol. The van der Waals surface area contributed by atoms with Crippen molar-refractivity contribution in [2.24, 2.45) is 17.6 Å². The van der Waals surface area contributed by atoms with Gasteiger partial charge in [0.15, 0.2) is 0 Å². The van der Waals surface area contributed by atoms with E-state index < -0.39 is 0 Å². The van der Waals surface area contributed by atoms with Crippen molar-refractivity contribution in [2.75, 3.05) is 0 Å². The van der Waals surface area contributed by atoms with Gasteiger partial charge in [-0.1, -0.05) is 26.7 Å². The molecule has 2 atom stereocenters. The molecule has 4 heteroatoms. The van der Waals surface area contributed by atoms with Crippen molar-refractivity contribution in [1.29, 1.82) is 0 Å². The second-order valence-electron chi connectivity index (χ2n) is 7.35. The lowest BCUT2D eigenvalue weighted by Gasteiger charge is -2.38. The lowest BCUT2D eigenvalue weighted by Crippen LogP contribution is -2.47. The van der Waals surface area contributed by atoms with Crippen LogP contribution >= 0.6 is 0 Å². The lowest BCUT2D eigenvalue weighted by molar-refractivity contribution is 0.196. The molecule has 0 amide bonds. The van der Waals surface area contributed by atoms with E-state index in [2.05, 4.69) is 37.8 Å². The number of nitrogens with zero attached hydrogens (tertiary/aromatic N) is 3. The largest absolute Gasteiger partial charge is 0.325 e. The predicted octanol–water partition coefficient (Wildman–Crippen LogP) is 3.34. The molecule has 1 fully saturated rings. The highest BCUT2D eigenvalue weighted by Gasteiger charge is 2.34. The Balaban J connectivity index is 2.04. The third kappa shape index (κ3) is 3.81. The van der Waals surface area contributed by atoms with Crippen molar-refractivity contribution in [1.82, 2.24) is 14.8 Å². The van der Waals surface area contributed by atoms with Gasteiger partial charge in [0.2, 0.25) is 0 Å². The van der Waals surface area contributed by atoms with Gasteiger partial charge >= 0.3 is 0 Å². The van der Waals surface area contributed by atoms with Gasteiger partial charge in [-0.15, -0.1) is 0 Å². The van der Waals surface area contributed by atoms with Gasteiger partial charge in [0.05, 0.1) is 0 Å².